The highest BCUT2D eigenvalue weighted by molar-refractivity contribution is 5.53. The number of aromatic nitrogens is 1. The van der Waals surface area contributed by atoms with Gasteiger partial charge in [0.25, 0.3) is 0 Å². The number of nitrogens with zero attached hydrogens (tertiary/aromatic N) is 2. The van der Waals surface area contributed by atoms with Crippen molar-refractivity contribution >= 4 is 5.82 Å². The largest absolute Gasteiger partial charge is 0.493 e. The Kier molecular flexibility index (Phi) is 4.20. The highest BCUT2D eigenvalue weighted by atomic mass is 16.5. The zero-order chi connectivity index (χ0) is 12.1. The van der Waals surface area contributed by atoms with Crippen LogP contribution in [-0.4, -0.2) is 36.4 Å². The van der Waals surface area contributed by atoms with Gasteiger partial charge in [-0.1, -0.05) is 0 Å². The molecule has 2 rings (SSSR count). The molecule has 0 spiro atoms. The maximum atomic E-state index is 8.93. The van der Waals surface area contributed by atoms with E-state index < -0.39 is 0 Å². The highest BCUT2D eigenvalue weighted by Gasteiger charge is 2.27. The van der Waals surface area contributed by atoms with Crippen LogP contribution in [0.2, 0.25) is 0 Å². The Balaban J connectivity index is 2.14. The van der Waals surface area contributed by atoms with Gasteiger partial charge in [-0.05, 0) is 37.8 Å². The minimum Gasteiger partial charge on any atom is -0.493 e. The number of rotatable bonds is 5. The van der Waals surface area contributed by atoms with Crippen molar-refractivity contribution in [2.24, 2.45) is 0 Å². The lowest BCUT2D eigenvalue weighted by Gasteiger charge is -2.26. The first kappa shape index (κ1) is 12.2. The summed E-state index contributed by atoms with van der Waals surface area (Å²) in [6.45, 7) is 1.30. The molecule has 2 heterocycles. The summed E-state index contributed by atoms with van der Waals surface area (Å²) in [5.74, 6) is 1.78. The van der Waals surface area contributed by atoms with E-state index in [0.717, 1.165) is 31.0 Å². The second-order valence-corrected chi connectivity index (χ2v) is 4.38. The lowest BCUT2D eigenvalue weighted by atomic mass is 10.1. The van der Waals surface area contributed by atoms with Gasteiger partial charge in [-0.15, -0.1) is 0 Å². The van der Waals surface area contributed by atoms with Gasteiger partial charge >= 0.3 is 0 Å². The van der Waals surface area contributed by atoms with Crippen LogP contribution in [0.15, 0.2) is 18.3 Å². The van der Waals surface area contributed by atoms with Gasteiger partial charge in [0, 0.05) is 25.4 Å². The second kappa shape index (κ2) is 5.87. The van der Waals surface area contributed by atoms with Crippen LogP contribution in [0.4, 0.5) is 5.82 Å². The summed E-state index contributed by atoms with van der Waals surface area (Å²) in [4.78, 5) is 6.74. The van der Waals surface area contributed by atoms with Gasteiger partial charge in [-0.25, -0.2) is 4.98 Å². The molecule has 0 bridgehead atoms. The Hall–Kier alpha value is -1.29. The van der Waals surface area contributed by atoms with Crippen molar-refractivity contribution in [3.05, 3.63) is 18.3 Å². The predicted octanol–water partition coefficient (Wildman–Crippen LogP) is 1.83. The SMILES string of the molecule is COc1cccnc1N1CCCC1CCCO. The van der Waals surface area contributed by atoms with Crippen molar-refractivity contribution < 1.29 is 9.84 Å². The average molecular weight is 236 g/mol. The lowest BCUT2D eigenvalue weighted by molar-refractivity contribution is 0.279. The Morgan fingerprint density at radius 2 is 2.47 bits per heavy atom. The third kappa shape index (κ3) is 2.69. The van der Waals surface area contributed by atoms with Crippen molar-refractivity contribution in [3.63, 3.8) is 0 Å². The molecular formula is C13H20N2O2. The Labute approximate surface area is 102 Å². The standard InChI is InChI=1S/C13H20N2O2/c1-17-12-7-2-8-14-13(12)15-9-3-5-11(15)6-4-10-16/h2,7-8,11,16H,3-6,9-10H2,1H3. The monoisotopic (exact) mass is 236 g/mol. The molecule has 1 aromatic heterocycles. The van der Waals surface area contributed by atoms with E-state index in [4.69, 9.17) is 9.84 Å². The van der Waals surface area contributed by atoms with E-state index in [1.165, 1.54) is 12.8 Å². The summed E-state index contributed by atoms with van der Waals surface area (Å²) >= 11 is 0. The minimum absolute atomic E-state index is 0.268. The summed E-state index contributed by atoms with van der Waals surface area (Å²) in [5, 5.41) is 8.93. The normalized spacial score (nSPS) is 19.6. The maximum absolute atomic E-state index is 8.93. The smallest absolute Gasteiger partial charge is 0.171 e. The maximum Gasteiger partial charge on any atom is 0.171 e. The van der Waals surface area contributed by atoms with Crippen molar-refractivity contribution in [1.82, 2.24) is 4.98 Å². The third-order valence-corrected chi connectivity index (χ3v) is 3.32. The van der Waals surface area contributed by atoms with E-state index in [1.807, 2.05) is 12.1 Å². The molecular weight excluding hydrogens is 216 g/mol. The number of methoxy groups -OCH3 is 1. The van der Waals surface area contributed by atoms with Crippen molar-refractivity contribution in [1.29, 1.82) is 0 Å². The van der Waals surface area contributed by atoms with Crippen LogP contribution in [0.1, 0.15) is 25.7 Å². The summed E-state index contributed by atoms with van der Waals surface area (Å²) in [6, 6.07) is 4.33. The Bertz CT molecular complexity index is 357. The molecule has 1 aliphatic heterocycles. The van der Waals surface area contributed by atoms with E-state index in [0.29, 0.717) is 6.04 Å². The summed E-state index contributed by atoms with van der Waals surface area (Å²) in [7, 11) is 1.68. The predicted molar refractivity (Wildman–Crippen MR) is 67.5 cm³/mol. The molecule has 1 atom stereocenters. The van der Waals surface area contributed by atoms with Crippen LogP contribution in [-0.2, 0) is 0 Å². The summed E-state index contributed by atoms with van der Waals surface area (Å²) in [5.41, 5.74) is 0. The molecule has 17 heavy (non-hydrogen) atoms. The van der Waals surface area contributed by atoms with Crippen LogP contribution in [0, 0.1) is 0 Å². The van der Waals surface area contributed by atoms with E-state index >= 15 is 0 Å². The fourth-order valence-electron chi connectivity index (χ4n) is 2.50. The van der Waals surface area contributed by atoms with Gasteiger partial charge in [0.15, 0.2) is 11.6 Å². The molecule has 1 aromatic rings. The third-order valence-electron chi connectivity index (χ3n) is 3.32. The van der Waals surface area contributed by atoms with Gasteiger partial charge in [0.2, 0.25) is 0 Å². The fraction of sp³-hybridized carbons (Fsp3) is 0.615. The van der Waals surface area contributed by atoms with Crippen LogP contribution < -0.4 is 9.64 Å². The zero-order valence-corrected chi connectivity index (χ0v) is 10.3. The average Bonchev–Trinajstić information content (AvgIpc) is 2.84. The van der Waals surface area contributed by atoms with Crippen LogP contribution >= 0.6 is 0 Å². The van der Waals surface area contributed by atoms with E-state index in [2.05, 4.69) is 9.88 Å². The van der Waals surface area contributed by atoms with E-state index in [1.54, 1.807) is 13.3 Å². The summed E-state index contributed by atoms with van der Waals surface area (Å²) < 4.78 is 5.36. The lowest BCUT2D eigenvalue weighted by Crippen LogP contribution is -2.30. The van der Waals surface area contributed by atoms with Crippen molar-refractivity contribution in [2.75, 3.05) is 25.2 Å². The number of aliphatic hydroxyl groups is 1. The first-order chi connectivity index (χ1) is 8.36. The topological polar surface area (TPSA) is 45.6 Å². The number of anilines is 1. The first-order valence-electron chi connectivity index (χ1n) is 6.23. The minimum atomic E-state index is 0.268. The molecule has 4 heteroatoms. The number of pyridine rings is 1. The molecule has 1 fully saturated rings. The van der Waals surface area contributed by atoms with Crippen molar-refractivity contribution in [3.8, 4) is 5.75 Å². The molecule has 0 saturated carbocycles. The molecule has 94 valence electrons. The molecule has 0 aromatic carbocycles. The van der Waals surface area contributed by atoms with Gasteiger partial charge in [0.05, 0.1) is 7.11 Å². The number of aliphatic hydroxyl groups excluding tert-OH is 1. The van der Waals surface area contributed by atoms with E-state index in [9.17, 15) is 0 Å². The van der Waals surface area contributed by atoms with Gasteiger partial charge < -0.3 is 14.7 Å². The quantitative estimate of drug-likeness (QED) is 0.847. The molecule has 1 N–H and O–H groups in total. The van der Waals surface area contributed by atoms with Gasteiger partial charge in [0.1, 0.15) is 0 Å². The molecule has 1 unspecified atom stereocenters. The molecule has 1 aliphatic rings. The van der Waals surface area contributed by atoms with Gasteiger partial charge in [-0.2, -0.15) is 0 Å². The molecule has 0 aliphatic carbocycles. The molecule has 4 nitrogen and oxygen atoms in total. The first-order valence-corrected chi connectivity index (χ1v) is 6.23. The van der Waals surface area contributed by atoms with Crippen molar-refractivity contribution in [2.45, 2.75) is 31.7 Å². The second-order valence-electron chi connectivity index (χ2n) is 4.38. The molecule has 0 radical (unpaired) electrons. The molecule has 1 saturated heterocycles. The molecule has 0 amide bonds. The fourth-order valence-corrected chi connectivity index (χ4v) is 2.50. The number of hydrogen-bond acceptors (Lipinski definition) is 4. The van der Waals surface area contributed by atoms with E-state index in [-0.39, 0.29) is 6.61 Å². The van der Waals surface area contributed by atoms with Crippen LogP contribution in [0.3, 0.4) is 0 Å². The number of ether oxygens (including phenoxy) is 1. The van der Waals surface area contributed by atoms with Crippen LogP contribution in [0.5, 0.6) is 5.75 Å². The number of hydrogen-bond donors (Lipinski definition) is 1. The Morgan fingerprint density at radius 1 is 1.59 bits per heavy atom. The van der Waals surface area contributed by atoms with Gasteiger partial charge in [-0.3, -0.25) is 0 Å². The highest BCUT2D eigenvalue weighted by Crippen LogP contribution is 2.32. The Morgan fingerprint density at radius 3 is 3.24 bits per heavy atom. The van der Waals surface area contributed by atoms with Crippen LogP contribution in [0.25, 0.3) is 0 Å². The zero-order valence-electron chi connectivity index (χ0n) is 10.3. The summed E-state index contributed by atoms with van der Waals surface area (Å²) in [6.07, 6.45) is 6.06.